The topological polar surface area (TPSA) is 54.1 Å². The van der Waals surface area contributed by atoms with E-state index >= 15 is 0 Å². The van der Waals surface area contributed by atoms with Gasteiger partial charge >= 0.3 is 0 Å². The van der Waals surface area contributed by atoms with Crippen LogP contribution in [0.25, 0.3) is 11.3 Å². The lowest BCUT2D eigenvalue weighted by Crippen LogP contribution is -2.23. The minimum absolute atomic E-state index is 0.142. The molecule has 0 aliphatic carbocycles. The normalized spacial score (nSPS) is 10.7. The van der Waals surface area contributed by atoms with E-state index in [9.17, 15) is 9.18 Å². The van der Waals surface area contributed by atoms with Gasteiger partial charge in [-0.1, -0.05) is 6.07 Å². The van der Waals surface area contributed by atoms with E-state index in [1.54, 1.807) is 25.3 Å². The third-order valence-corrected chi connectivity index (χ3v) is 2.94. The van der Waals surface area contributed by atoms with Crippen LogP contribution in [0.4, 0.5) is 4.39 Å². The summed E-state index contributed by atoms with van der Waals surface area (Å²) in [5.41, 5.74) is 1.97. The number of rotatable bonds is 6. The minimum Gasteiger partial charge on any atom is -0.383 e. The van der Waals surface area contributed by atoms with Crippen LogP contribution in [0.5, 0.6) is 0 Å². The second-order valence-electron chi connectivity index (χ2n) is 4.40. The van der Waals surface area contributed by atoms with Crippen LogP contribution in [-0.2, 0) is 11.3 Å². The minimum atomic E-state index is -0.296. The van der Waals surface area contributed by atoms with Crippen LogP contribution in [0, 0.1) is 5.82 Å². The fourth-order valence-corrected chi connectivity index (χ4v) is 1.84. The number of pyridine rings is 1. The molecule has 1 aromatic heterocycles. The number of ether oxygens (including phenoxy) is 1. The highest BCUT2D eigenvalue weighted by Crippen LogP contribution is 2.15. The van der Waals surface area contributed by atoms with Crippen LogP contribution < -0.4 is 10.9 Å². The van der Waals surface area contributed by atoms with Crippen LogP contribution in [0.15, 0.2) is 41.2 Å². The molecular formula is C15H17FN2O2. The molecule has 0 aliphatic heterocycles. The molecule has 1 aromatic carbocycles. The summed E-state index contributed by atoms with van der Waals surface area (Å²) in [6, 6.07) is 9.61. The lowest BCUT2D eigenvalue weighted by atomic mass is 10.1. The van der Waals surface area contributed by atoms with E-state index in [1.165, 1.54) is 12.1 Å². The van der Waals surface area contributed by atoms with Gasteiger partial charge in [-0.25, -0.2) is 4.39 Å². The Hall–Kier alpha value is -1.98. The number of H-pyrrole nitrogens is 1. The Labute approximate surface area is 116 Å². The third-order valence-electron chi connectivity index (χ3n) is 2.94. The van der Waals surface area contributed by atoms with Gasteiger partial charge in [0.15, 0.2) is 0 Å². The van der Waals surface area contributed by atoms with Gasteiger partial charge in [-0.05, 0) is 35.9 Å². The maximum atomic E-state index is 12.9. The Bertz CT molecular complexity index is 608. The number of hydrogen-bond acceptors (Lipinski definition) is 3. The molecule has 0 aliphatic rings. The van der Waals surface area contributed by atoms with Gasteiger partial charge in [-0.2, -0.15) is 0 Å². The van der Waals surface area contributed by atoms with E-state index in [1.807, 2.05) is 6.07 Å². The number of aromatic nitrogens is 1. The second kappa shape index (κ2) is 6.98. The van der Waals surface area contributed by atoms with Gasteiger partial charge in [0.1, 0.15) is 5.82 Å². The van der Waals surface area contributed by atoms with Crippen molar-refractivity contribution in [2.45, 2.75) is 6.54 Å². The number of benzene rings is 1. The number of halogens is 1. The molecule has 2 aromatic rings. The first kappa shape index (κ1) is 14.4. The Kier molecular flexibility index (Phi) is 5.03. The smallest absolute Gasteiger partial charge is 0.252 e. The molecule has 1 heterocycles. The summed E-state index contributed by atoms with van der Waals surface area (Å²) in [5.74, 6) is -0.296. The molecule has 2 N–H and O–H groups in total. The first-order valence-electron chi connectivity index (χ1n) is 6.38. The van der Waals surface area contributed by atoms with Crippen LogP contribution >= 0.6 is 0 Å². The number of hydrogen-bond donors (Lipinski definition) is 2. The van der Waals surface area contributed by atoms with Crippen molar-refractivity contribution in [3.8, 4) is 11.3 Å². The van der Waals surface area contributed by atoms with Crippen molar-refractivity contribution in [3.63, 3.8) is 0 Å². The lowest BCUT2D eigenvalue weighted by Gasteiger charge is -2.06. The van der Waals surface area contributed by atoms with E-state index in [0.29, 0.717) is 31.0 Å². The predicted molar refractivity (Wildman–Crippen MR) is 76.0 cm³/mol. The molecule has 20 heavy (non-hydrogen) atoms. The van der Waals surface area contributed by atoms with Gasteiger partial charge in [0, 0.05) is 31.5 Å². The average molecular weight is 276 g/mol. The maximum Gasteiger partial charge on any atom is 0.252 e. The van der Waals surface area contributed by atoms with Crippen molar-refractivity contribution >= 4 is 0 Å². The summed E-state index contributed by atoms with van der Waals surface area (Å²) < 4.78 is 17.8. The molecule has 0 saturated carbocycles. The number of aromatic amines is 1. The zero-order valence-electron chi connectivity index (χ0n) is 11.3. The largest absolute Gasteiger partial charge is 0.383 e. The summed E-state index contributed by atoms with van der Waals surface area (Å²) in [6.45, 7) is 1.78. The van der Waals surface area contributed by atoms with Crippen molar-refractivity contribution in [1.29, 1.82) is 0 Å². The Balaban J connectivity index is 2.09. The fraction of sp³-hybridized carbons (Fsp3) is 0.267. The first-order chi connectivity index (χ1) is 9.70. The molecular weight excluding hydrogens is 259 g/mol. The highest BCUT2D eigenvalue weighted by molar-refractivity contribution is 5.58. The Morgan fingerprint density at radius 3 is 2.60 bits per heavy atom. The van der Waals surface area contributed by atoms with E-state index < -0.39 is 0 Å². The van der Waals surface area contributed by atoms with Crippen molar-refractivity contribution in [3.05, 3.63) is 58.1 Å². The molecule has 0 bridgehead atoms. The molecule has 0 saturated heterocycles. The van der Waals surface area contributed by atoms with Gasteiger partial charge in [-0.15, -0.1) is 0 Å². The first-order valence-corrected chi connectivity index (χ1v) is 6.38. The summed E-state index contributed by atoms with van der Waals surface area (Å²) in [4.78, 5) is 14.7. The van der Waals surface area contributed by atoms with E-state index in [-0.39, 0.29) is 11.4 Å². The molecule has 0 radical (unpaired) electrons. The maximum absolute atomic E-state index is 12.9. The van der Waals surface area contributed by atoms with Gasteiger partial charge < -0.3 is 15.0 Å². The summed E-state index contributed by atoms with van der Waals surface area (Å²) in [7, 11) is 1.63. The number of methoxy groups -OCH3 is 1. The number of nitrogens with one attached hydrogen (secondary N) is 2. The molecule has 106 valence electrons. The molecule has 5 heteroatoms. The molecule has 2 rings (SSSR count). The van der Waals surface area contributed by atoms with E-state index in [4.69, 9.17) is 4.74 Å². The SMILES string of the molecule is COCCNCc1ccc(-c2ccc(F)cc2)[nH]c1=O. The summed E-state index contributed by atoms with van der Waals surface area (Å²) in [5, 5.41) is 3.12. The van der Waals surface area contributed by atoms with Crippen molar-refractivity contribution < 1.29 is 9.13 Å². The molecule has 0 atom stereocenters. The van der Waals surface area contributed by atoms with Crippen LogP contribution in [0.1, 0.15) is 5.56 Å². The van der Waals surface area contributed by atoms with Gasteiger partial charge in [-0.3, -0.25) is 4.79 Å². The van der Waals surface area contributed by atoms with E-state index in [2.05, 4.69) is 10.3 Å². The van der Waals surface area contributed by atoms with Crippen LogP contribution in [-0.4, -0.2) is 25.2 Å². The molecule has 4 nitrogen and oxygen atoms in total. The monoisotopic (exact) mass is 276 g/mol. The zero-order valence-corrected chi connectivity index (χ0v) is 11.3. The fourth-order valence-electron chi connectivity index (χ4n) is 1.84. The van der Waals surface area contributed by atoms with Gasteiger partial charge in [0.25, 0.3) is 5.56 Å². The standard InChI is InChI=1S/C15H17FN2O2/c1-20-9-8-17-10-12-4-7-14(18-15(12)19)11-2-5-13(16)6-3-11/h2-7,17H,8-10H2,1H3,(H,18,19). The van der Waals surface area contributed by atoms with Gasteiger partial charge in [0.05, 0.1) is 6.61 Å². The lowest BCUT2D eigenvalue weighted by molar-refractivity contribution is 0.199. The second-order valence-corrected chi connectivity index (χ2v) is 4.40. The average Bonchev–Trinajstić information content (AvgIpc) is 2.46. The molecule has 0 spiro atoms. The van der Waals surface area contributed by atoms with E-state index in [0.717, 1.165) is 5.56 Å². The predicted octanol–water partition coefficient (Wildman–Crippen LogP) is 1.92. The Morgan fingerprint density at radius 2 is 1.95 bits per heavy atom. The highest BCUT2D eigenvalue weighted by Gasteiger charge is 2.03. The van der Waals surface area contributed by atoms with Crippen molar-refractivity contribution in [2.24, 2.45) is 0 Å². The van der Waals surface area contributed by atoms with Gasteiger partial charge in [0.2, 0.25) is 0 Å². The molecule has 0 amide bonds. The molecule has 0 fully saturated rings. The van der Waals surface area contributed by atoms with Crippen molar-refractivity contribution in [2.75, 3.05) is 20.3 Å². The zero-order chi connectivity index (χ0) is 14.4. The highest BCUT2D eigenvalue weighted by atomic mass is 19.1. The van der Waals surface area contributed by atoms with Crippen LogP contribution in [0.3, 0.4) is 0 Å². The third kappa shape index (κ3) is 3.76. The van der Waals surface area contributed by atoms with Crippen LogP contribution in [0.2, 0.25) is 0 Å². The molecule has 0 unspecified atom stereocenters. The van der Waals surface area contributed by atoms with Crippen molar-refractivity contribution in [1.82, 2.24) is 10.3 Å². The quantitative estimate of drug-likeness (QED) is 0.793. The summed E-state index contributed by atoms with van der Waals surface area (Å²) in [6.07, 6.45) is 0. The summed E-state index contributed by atoms with van der Waals surface area (Å²) >= 11 is 0. The Morgan fingerprint density at radius 1 is 1.20 bits per heavy atom.